The molecule has 0 saturated carbocycles. The van der Waals surface area contributed by atoms with Crippen molar-refractivity contribution < 1.29 is 22.8 Å². The van der Waals surface area contributed by atoms with Gasteiger partial charge in [0.05, 0.1) is 32.7 Å². The Morgan fingerprint density at radius 2 is 1.61 bits per heavy atom. The number of amides is 3. The number of halogens is 5. The zero-order chi connectivity index (χ0) is 29.7. The fourth-order valence-corrected chi connectivity index (χ4v) is 4.38. The maximum absolute atomic E-state index is 13.5. The van der Waals surface area contributed by atoms with Crippen molar-refractivity contribution in [2.45, 2.75) is 20.0 Å². The summed E-state index contributed by atoms with van der Waals surface area (Å²) in [5.74, 6) is -0.358. The monoisotopic (exact) mass is 603 g/mol. The van der Waals surface area contributed by atoms with E-state index in [0.717, 1.165) is 22.6 Å². The van der Waals surface area contributed by atoms with Crippen LogP contribution in [0.1, 0.15) is 19.4 Å². The Labute approximate surface area is 244 Å². The third-order valence-corrected chi connectivity index (χ3v) is 6.61. The molecule has 4 rings (SSSR count). The van der Waals surface area contributed by atoms with Crippen LogP contribution in [0.3, 0.4) is 0 Å². The van der Waals surface area contributed by atoms with Crippen molar-refractivity contribution >= 4 is 46.6 Å². The second kappa shape index (κ2) is 12.7. The molecule has 0 unspecified atom stereocenters. The lowest BCUT2D eigenvalue weighted by molar-refractivity contribution is -0.137. The normalized spacial score (nSPS) is 11.4. The number of nitrogens with one attached hydrogen (secondary N) is 2. The molecular formula is C29H26Cl2F3N5O2. The molecule has 0 aliphatic heterocycles. The van der Waals surface area contributed by atoms with Gasteiger partial charge >= 0.3 is 12.2 Å². The van der Waals surface area contributed by atoms with E-state index >= 15 is 0 Å². The van der Waals surface area contributed by atoms with Crippen molar-refractivity contribution in [2.24, 2.45) is 5.92 Å². The minimum atomic E-state index is -4.66. The molecule has 2 N–H and O–H groups in total. The molecule has 41 heavy (non-hydrogen) atoms. The Balaban J connectivity index is 1.60. The topological polar surface area (TPSA) is 79.3 Å². The average Bonchev–Trinajstić information content (AvgIpc) is 3.33. The maximum Gasteiger partial charge on any atom is 0.418 e. The summed E-state index contributed by atoms with van der Waals surface area (Å²) in [6.45, 7) is 3.35. The molecule has 0 aliphatic carbocycles. The first-order valence-corrected chi connectivity index (χ1v) is 13.3. The lowest BCUT2D eigenvalue weighted by Gasteiger charge is -2.25. The summed E-state index contributed by atoms with van der Waals surface area (Å²) in [7, 11) is 0. The van der Waals surface area contributed by atoms with Crippen molar-refractivity contribution in [3.05, 3.63) is 94.5 Å². The number of hydrogen-bond acceptors (Lipinski definition) is 3. The van der Waals surface area contributed by atoms with E-state index in [1.165, 1.54) is 16.8 Å². The van der Waals surface area contributed by atoms with E-state index in [1.54, 1.807) is 24.3 Å². The van der Waals surface area contributed by atoms with Gasteiger partial charge in [-0.15, -0.1) is 0 Å². The smallest absolute Gasteiger partial charge is 0.315 e. The highest BCUT2D eigenvalue weighted by atomic mass is 35.5. The Morgan fingerprint density at radius 3 is 2.27 bits per heavy atom. The molecule has 12 heteroatoms. The fraction of sp³-hybridized carbons (Fsp3) is 0.207. The number of para-hydroxylation sites is 1. The van der Waals surface area contributed by atoms with Gasteiger partial charge < -0.3 is 15.5 Å². The van der Waals surface area contributed by atoms with Gasteiger partial charge in [-0.05, 0) is 36.2 Å². The number of aromatic nitrogens is 2. The van der Waals surface area contributed by atoms with E-state index in [9.17, 15) is 22.8 Å². The first kappa shape index (κ1) is 30.0. The lowest BCUT2D eigenvalue weighted by atomic mass is 10.1. The first-order valence-electron chi connectivity index (χ1n) is 12.5. The molecule has 0 spiro atoms. The van der Waals surface area contributed by atoms with E-state index in [0.29, 0.717) is 22.2 Å². The molecular weight excluding hydrogens is 578 g/mol. The Morgan fingerprint density at radius 1 is 0.927 bits per heavy atom. The second-order valence-corrected chi connectivity index (χ2v) is 10.4. The molecule has 214 valence electrons. The summed E-state index contributed by atoms with van der Waals surface area (Å²) in [4.78, 5) is 27.5. The molecule has 0 saturated heterocycles. The minimum absolute atomic E-state index is 0.0715. The number of alkyl halides is 3. The maximum atomic E-state index is 13.5. The van der Waals surface area contributed by atoms with E-state index in [2.05, 4.69) is 15.7 Å². The predicted molar refractivity (Wildman–Crippen MR) is 155 cm³/mol. The molecule has 7 nitrogen and oxygen atoms in total. The van der Waals surface area contributed by atoms with Crippen molar-refractivity contribution in [3.8, 4) is 16.9 Å². The van der Waals surface area contributed by atoms with E-state index in [4.69, 9.17) is 23.2 Å². The van der Waals surface area contributed by atoms with Crippen LogP contribution < -0.4 is 10.6 Å². The first-order chi connectivity index (χ1) is 19.4. The summed E-state index contributed by atoms with van der Waals surface area (Å²) >= 11 is 12.3. The molecule has 1 aromatic heterocycles. The highest BCUT2D eigenvalue weighted by Crippen LogP contribution is 2.35. The van der Waals surface area contributed by atoms with Crippen molar-refractivity contribution in [1.82, 2.24) is 14.7 Å². The zero-order valence-corrected chi connectivity index (χ0v) is 23.6. The summed E-state index contributed by atoms with van der Waals surface area (Å²) in [6.07, 6.45) is -4.66. The van der Waals surface area contributed by atoms with Gasteiger partial charge in [-0.3, -0.25) is 4.79 Å². The van der Waals surface area contributed by atoms with Crippen LogP contribution >= 0.6 is 23.2 Å². The van der Waals surface area contributed by atoms with E-state index < -0.39 is 35.9 Å². The van der Waals surface area contributed by atoms with Crippen molar-refractivity contribution in [1.29, 1.82) is 0 Å². The summed E-state index contributed by atoms with van der Waals surface area (Å²) in [6, 6.07) is 19.7. The third-order valence-electron chi connectivity index (χ3n) is 5.88. The van der Waals surface area contributed by atoms with Crippen LogP contribution in [0, 0.1) is 5.92 Å². The number of nitrogens with zero attached hydrogens (tertiary/aromatic N) is 3. The second-order valence-electron chi connectivity index (χ2n) is 9.59. The van der Waals surface area contributed by atoms with Gasteiger partial charge in [0.1, 0.15) is 12.4 Å². The largest absolute Gasteiger partial charge is 0.418 e. The zero-order valence-electron chi connectivity index (χ0n) is 22.0. The number of urea groups is 1. The van der Waals surface area contributed by atoms with Crippen LogP contribution in [0.15, 0.2) is 78.9 Å². The third kappa shape index (κ3) is 7.59. The number of anilines is 2. The van der Waals surface area contributed by atoms with Crippen LogP contribution in [0.2, 0.25) is 10.0 Å². The average molecular weight is 604 g/mol. The van der Waals surface area contributed by atoms with Gasteiger partial charge in [0, 0.05) is 18.2 Å². The number of carbonyl (C=O) groups excluding carboxylic acids is 2. The summed E-state index contributed by atoms with van der Waals surface area (Å²) in [5.41, 5.74) is 0.501. The molecule has 0 atom stereocenters. The highest BCUT2D eigenvalue weighted by molar-refractivity contribution is 6.42. The highest BCUT2D eigenvalue weighted by Gasteiger charge is 2.34. The van der Waals surface area contributed by atoms with Crippen LogP contribution in [-0.2, 0) is 11.0 Å². The molecule has 0 fully saturated rings. The van der Waals surface area contributed by atoms with E-state index in [1.807, 2.05) is 44.2 Å². The van der Waals surface area contributed by atoms with Crippen LogP contribution in [0.4, 0.5) is 29.5 Å². The predicted octanol–water partition coefficient (Wildman–Crippen LogP) is 7.99. The van der Waals surface area contributed by atoms with Gasteiger partial charge in [-0.25, -0.2) is 9.48 Å². The Bertz CT molecular complexity index is 1540. The molecule has 3 aromatic carbocycles. The molecule has 1 heterocycles. The molecule has 0 aliphatic rings. The van der Waals surface area contributed by atoms with Crippen molar-refractivity contribution in [2.75, 3.05) is 23.7 Å². The number of rotatable bonds is 8. The van der Waals surface area contributed by atoms with Gasteiger partial charge in [-0.1, -0.05) is 79.5 Å². The summed E-state index contributed by atoms with van der Waals surface area (Å²) in [5, 5.41) is 10.3. The summed E-state index contributed by atoms with van der Waals surface area (Å²) < 4.78 is 41.9. The molecule has 4 aromatic rings. The number of carbonyl (C=O) groups is 2. The molecule has 0 bridgehead atoms. The van der Waals surface area contributed by atoms with Crippen LogP contribution in [-0.4, -0.2) is 39.7 Å². The van der Waals surface area contributed by atoms with Gasteiger partial charge in [0.2, 0.25) is 5.91 Å². The Kier molecular flexibility index (Phi) is 9.25. The SMILES string of the molecule is CC(C)CN(CC(=O)Nc1cc(-c2ccccc2)nn1-c1ccc(Cl)c(Cl)c1)C(=O)Nc1ccccc1C(F)(F)F. The van der Waals surface area contributed by atoms with Gasteiger partial charge in [0.25, 0.3) is 0 Å². The number of benzene rings is 3. The Hall–Kier alpha value is -4.02. The van der Waals surface area contributed by atoms with Gasteiger partial charge in [-0.2, -0.15) is 18.3 Å². The molecule has 0 radical (unpaired) electrons. The van der Waals surface area contributed by atoms with Crippen LogP contribution in [0.25, 0.3) is 16.9 Å². The van der Waals surface area contributed by atoms with Crippen LogP contribution in [0.5, 0.6) is 0 Å². The van der Waals surface area contributed by atoms with E-state index in [-0.39, 0.29) is 17.5 Å². The molecule has 3 amide bonds. The van der Waals surface area contributed by atoms with Crippen molar-refractivity contribution in [3.63, 3.8) is 0 Å². The minimum Gasteiger partial charge on any atom is -0.315 e. The number of hydrogen-bond donors (Lipinski definition) is 2. The quantitative estimate of drug-likeness (QED) is 0.214. The fourth-order valence-electron chi connectivity index (χ4n) is 4.08. The standard InChI is InChI=1S/C29H26Cl2F3N5O2/c1-18(2)16-38(28(41)35-24-11-7-6-10-21(24)29(32,33)34)17-27(40)36-26-15-25(19-8-4-3-5-9-19)37-39(26)20-12-13-22(30)23(31)14-20/h3-15,18H,16-17H2,1-2H3,(H,35,41)(H,36,40). The van der Waals surface area contributed by atoms with Gasteiger partial charge in [0.15, 0.2) is 0 Å². The lowest BCUT2D eigenvalue weighted by Crippen LogP contribution is -2.43.